The highest BCUT2D eigenvalue weighted by Crippen LogP contribution is 2.26. The van der Waals surface area contributed by atoms with Gasteiger partial charge >= 0.3 is 5.97 Å². The summed E-state index contributed by atoms with van der Waals surface area (Å²) in [5.74, 6) is 0.277. The highest BCUT2D eigenvalue weighted by atomic mass is 32.2. The summed E-state index contributed by atoms with van der Waals surface area (Å²) in [7, 11) is 0. The van der Waals surface area contributed by atoms with Crippen LogP contribution in [0.2, 0.25) is 0 Å². The van der Waals surface area contributed by atoms with Crippen molar-refractivity contribution in [2.24, 2.45) is 0 Å². The summed E-state index contributed by atoms with van der Waals surface area (Å²) >= 11 is 1.15. The fraction of sp³-hybridized carbons (Fsp3) is 0.462. The molecule has 1 N–H and O–H groups in total. The average Bonchev–Trinajstić information content (AvgIpc) is 3.18. The first-order valence-corrected chi connectivity index (χ1v) is 7.66. The molecule has 2 aromatic rings. The van der Waals surface area contributed by atoms with E-state index in [1.165, 1.54) is 0 Å². The molecule has 0 spiro atoms. The lowest BCUT2D eigenvalue weighted by atomic mass is 10.2. The van der Waals surface area contributed by atoms with Gasteiger partial charge in [0.2, 0.25) is 5.82 Å². The Bertz CT molecular complexity index is 605. The number of carboxylic acid groups (broad SMARTS) is 1. The molecule has 2 aromatic heterocycles. The number of carboxylic acids is 1. The molecule has 1 aliphatic heterocycles. The Labute approximate surface area is 125 Å². The van der Waals surface area contributed by atoms with Crippen LogP contribution >= 0.6 is 11.8 Å². The van der Waals surface area contributed by atoms with Crippen molar-refractivity contribution in [2.45, 2.75) is 30.6 Å². The van der Waals surface area contributed by atoms with Crippen LogP contribution in [0.4, 0.5) is 0 Å². The van der Waals surface area contributed by atoms with Gasteiger partial charge in [-0.15, -0.1) is 10.2 Å². The smallest absolute Gasteiger partial charge is 0.313 e. The number of ether oxygens (including phenoxy) is 1. The molecule has 8 heteroatoms. The first-order chi connectivity index (χ1) is 10.2. The Hall–Kier alpha value is -1.80. The number of carbonyl (C=O) groups is 1. The number of rotatable bonds is 6. The monoisotopic (exact) mass is 309 g/mol. The van der Waals surface area contributed by atoms with Crippen molar-refractivity contribution in [1.82, 2.24) is 14.8 Å². The van der Waals surface area contributed by atoms with Crippen LogP contribution in [0.5, 0.6) is 0 Å². The van der Waals surface area contributed by atoms with Gasteiger partial charge in [0.1, 0.15) is 0 Å². The quantitative estimate of drug-likeness (QED) is 0.815. The van der Waals surface area contributed by atoms with Crippen molar-refractivity contribution in [3.63, 3.8) is 0 Å². The zero-order valence-corrected chi connectivity index (χ0v) is 12.1. The molecule has 112 valence electrons. The van der Waals surface area contributed by atoms with Gasteiger partial charge in [-0.05, 0) is 25.0 Å². The van der Waals surface area contributed by atoms with Gasteiger partial charge in [-0.25, -0.2) is 0 Å². The van der Waals surface area contributed by atoms with Crippen molar-refractivity contribution < 1.29 is 19.1 Å². The maximum atomic E-state index is 10.7. The molecule has 0 bridgehead atoms. The van der Waals surface area contributed by atoms with E-state index in [1.807, 2.05) is 10.6 Å². The topological polar surface area (TPSA) is 90.4 Å². The molecule has 0 saturated carbocycles. The van der Waals surface area contributed by atoms with E-state index in [0.29, 0.717) is 23.3 Å². The predicted molar refractivity (Wildman–Crippen MR) is 75.1 cm³/mol. The molecule has 0 radical (unpaired) electrons. The molecule has 0 aliphatic carbocycles. The molecule has 1 atom stereocenters. The minimum absolute atomic E-state index is 0.0538. The number of aliphatic carboxylic acids is 1. The number of nitrogens with zero attached hydrogens (tertiary/aromatic N) is 3. The van der Waals surface area contributed by atoms with E-state index in [9.17, 15) is 4.79 Å². The number of thioether (sulfide) groups is 1. The molecule has 0 amide bonds. The third-order valence-corrected chi connectivity index (χ3v) is 4.14. The van der Waals surface area contributed by atoms with Crippen LogP contribution in [0, 0.1) is 0 Å². The maximum Gasteiger partial charge on any atom is 0.313 e. The van der Waals surface area contributed by atoms with Gasteiger partial charge in [-0.1, -0.05) is 11.8 Å². The Morgan fingerprint density at radius 2 is 2.43 bits per heavy atom. The summed E-state index contributed by atoms with van der Waals surface area (Å²) in [6.45, 7) is 1.37. The zero-order chi connectivity index (χ0) is 14.7. The minimum atomic E-state index is -0.883. The highest BCUT2D eigenvalue weighted by molar-refractivity contribution is 7.99. The van der Waals surface area contributed by atoms with Crippen LogP contribution in [-0.2, 0) is 16.1 Å². The lowest BCUT2D eigenvalue weighted by Crippen LogP contribution is -2.17. The Morgan fingerprint density at radius 1 is 1.52 bits per heavy atom. The zero-order valence-electron chi connectivity index (χ0n) is 11.3. The Balaban J connectivity index is 1.86. The summed E-state index contributed by atoms with van der Waals surface area (Å²) in [6, 6.07) is 3.59. The van der Waals surface area contributed by atoms with E-state index in [-0.39, 0.29) is 11.9 Å². The van der Waals surface area contributed by atoms with E-state index >= 15 is 0 Å². The van der Waals surface area contributed by atoms with Crippen LogP contribution < -0.4 is 0 Å². The van der Waals surface area contributed by atoms with Gasteiger partial charge < -0.3 is 14.3 Å². The predicted octanol–water partition coefficient (Wildman–Crippen LogP) is 1.89. The SMILES string of the molecule is O=C(O)CSc1nnc(-c2ccco2)n1C[C@@H]1CCCO1. The summed E-state index contributed by atoms with van der Waals surface area (Å²) in [6.07, 6.45) is 3.71. The van der Waals surface area contributed by atoms with Crippen LogP contribution in [-0.4, -0.2) is 44.3 Å². The van der Waals surface area contributed by atoms with Crippen molar-refractivity contribution in [2.75, 3.05) is 12.4 Å². The second-order valence-electron chi connectivity index (χ2n) is 4.71. The molecule has 0 aromatic carbocycles. The number of hydrogen-bond donors (Lipinski definition) is 1. The van der Waals surface area contributed by atoms with E-state index in [0.717, 1.165) is 31.2 Å². The van der Waals surface area contributed by atoms with Crippen LogP contribution in [0.25, 0.3) is 11.6 Å². The molecule has 3 rings (SSSR count). The molecular weight excluding hydrogens is 294 g/mol. The first-order valence-electron chi connectivity index (χ1n) is 6.67. The number of furan rings is 1. The van der Waals surface area contributed by atoms with Gasteiger partial charge in [0.05, 0.1) is 24.7 Å². The summed E-state index contributed by atoms with van der Waals surface area (Å²) in [4.78, 5) is 10.7. The molecule has 3 heterocycles. The molecule has 21 heavy (non-hydrogen) atoms. The van der Waals surface area contributed by atoms with Crippen LogP contribution in [0.3, 0.4) is 0 Å². The Kier molecular flexibility index (Phi) is 4.26. The summed E-state index contributed by atoms with van der Waals surface area (Å²) in [5, 5.41) is 17.6. The summed E-state index contributed by atoms with van der Waals surface area (Å²) in [5.41, 5.74) is 0. The lowest BCUT2D eigenvalue weighted by Gasteiger charge is -2.13. The van der Waals surface area contributed by atoms with Gasteiger partial charge in [0, 0.05) is 6.61 Å². The van der Waals surface area contributed by atoms with Gasteiger partial charge in [0.25, 0.3) is 0 Å². The molecule has 0 unspecified atom stereocenters. The highest BCUT2D eigenvalue weighted by Gasteiger charge is 2.23. The van der Waals surface area contributed by atoms with Crippen molar-refractivity contribution in [3.8, 4) is 11.6 Å². The second-order valence-corrected chi connectivity index (χ2v) is 5.65. The van der Waals surface area contributed by atoms with E-state index < -0.39 is 5.97 Å². The van der Waals surface area contributed by atoms with Crippen molar-refractivity contribution in [1.29, 1.82) is 0 Å². The molecular formula is C13H15N3O4S. The van der Waals surface area contributed by atoms with Crippen molar-refractivity contribution >= 4 is 17.7 Å². The maximum absolute atomic E-state index is 10.7. The van der Waals surface area contributed by atoms with E-state index in [4.69, 9.17) is 14.3 Å². The molecule has 1 aliphatic rings. The lowest BCUT2D eigenvalue weighted by molar-refractivity contribution is -0.133. The average molecular weight is 309 g/mol. The van der Waals surface area contributed by atoms with Gasteiger partial charge in [-0.3, -0.25) is 9.36 Å². The molecule has 1 fully saturated rings. The van der Waals surface area contributed by atoms with Gasteiger partial charge in [-0.2, -0.15) is 0 Å². The molecule has 1 saturated heterocycles. The van der Waals surface area contributed by atoms with Crippen LogP contribution in [0.1, 0.15) is 12.8 Å². The normalized spacial score (nSPS) is 18.2. The number of aromatic nitrogens is 3. The third-order valence-electron chi connectivity index (χ3n) is 3.19. The second kappa shape index (κ2) is 6.31. The third kappa shape index (κ3) is 3.27. The summed E-state index contributed by atoms with van der Waals surface area (Å²) < 4.78 is 12.9. The minimum Gasteiger partial charge on any atom is -0.481 e. The first kappa shape index (κ1) is 14.2. The number of hydrogen-bond acceptors (Lipinski definition) is 6. The Morgan fingerprint density at radius 3 is 3.10 bits per heavy atom. The largest absolute Gasteiger partial charge is 0.481 e. The van der Waals surface area contributed by atoms with E-state index in [1.54, 1.807) is 12.3 Å². The fourth-order valence-electron chi connectivity index (χ4n) is 2.27. The molecule has 7 nitrogen and oxygen atoms in total. The fourth-order valence-corrected chi connectivity index (χ4v) is 2.93. The van der Waals surface area contributed by atoms with Crippen LogP contribution in [0.15, 0.2) is 28.0 Å². The standard InChI is InChI=1S/C13H15N3O4S/c17-11(18)8-21-13-15-14-12(10-4-2-6-20-10)16(13)7-9-3-1-5-19-9/h2,4,6,9H,1,3,5,7-8H2,(H,17,18)/t9-/m0/s1. The van der Waals surface area contributed by atoms with E-state index in [2.05, 4.69) is 10.2 Å². The van der Waals surface area contributed by atoms with Crippen molar-refractivity contribution in [3.05, 3.63) is 18.4 Å². The van der Waals surface area contributed by atoms with Gasteiger partial charge in [0.15, 0.2) is 10.9 Å².